The van der Waals surface area contributed by atoms with Gasteiger partial charge in [-0.3, -0.25) is 0 Å². The maximum atomic E-state index is 6.08. The number of benzene rings is 1. The van der Waals surface area contributed by atoms with Crippen molar-refractivity contribution in [2.24, 2.45) is 5.73 Å². The Labute approximate surface area is 112 Å². The second-order valence-corrected chi connectivity index (χ2v) is 5.34. The van der Waals surface area contributed by atoms with E-state index in [1.807, 2.05) is 0 Å². The van der Waals surface area contributed by atoms with Crippen LogP contribution in [0.2, 0.25) is 0 Å². The summed E-state index contributed by atoms with van der Waals surface area (Å²) in [4.78, 5) is 2.48. The summed E-state index contributed by atoms with van der Waals surface area (Å²) in [5.74, 6) is 0. The first-order valence-corrected chi connectivity index (χ1v) is 7.19. The van der Waals surface area contributed by atoms with Gasteiger partial charge in [0, 0.05) is 24.3 Å². The quantitative estimate of drug-likeness (QED) is 0.736. The van der Waals surface area contributed by atoms with Crippen LogP contribution in [0.25, 0.3) is 0 Å². The van der Waals surface area contributed by atoms with E-state index in [9.17, 15) is 0 Å². The molecule has 0 bridgehead atoms. The first-order chi connectivity index (χ1) is 8.57. The molecule has 0 aliphatic carbocycles. The Balaban J connectivity index is 2.91. The molecule has 1 rings (SSSR count). The molecule has 2 nitrogen and oxygen atoms in total. The second kappa shape index (κ2) is 7.42. The molecule has 2 heteroatoms. The number of para-hydroxylation sites is 1. The number of nitrogens with zero attached hydrogens (tertiary/aromatic N) is 1. The van der Waals surface area contributed by atoms with E-state index in [1.165, 1.54) is 30.5 Å². The molecule has 1 unspecified atom stereocenters. The van der Waals surface area contributed by atoms with Crippen molar-refractivity contribution in [3.63, 3.8) is 0 Å². The molecule has 2 N–H and O–H groups in total. The fourth-order valence-electron chi connectivity index (χ4n) is 2.32. The van der Waals surface area contributed by atoms with E-state index < -0.39 is 0 Å². The number of anilines is 1. The van der Waals surface area contributed by atoms with Gasteiger partial charge in [0.2, 0.25) is 0 Å². The lowest BCUT2D eigenvalue weighted by Crippen LogP contribution is -2.33. The molecule has 0 saturated carbocycles. The monoisotopic (exact) mass is 248 g/mol. The topological polar surface area (TPSA) is 29.3 Å². The van der Waals surface area contributed by atoms with E-state index in [4.69, 9.17) is 5.73 Å². The molecule has 18 heavy (non-hydrogen) atoms. The highest BCUT2D eigenvalue weighted by Gasteiger charge is 2.15. The van der Waals surface area contributed by atoms with Crippen molar-refractivity contribution >= 4 is 5.69 Å². The third kappa shape index (κ3) is 4.02. The van der Waals surface area contributed by atoms with Crippen LogP contribution < -0.4 is 10.6 Å². The zero-order valence-corrected chi connectivity index (χ0v) is 12.3. The smallest absolute Gasteiger partial charge is 0.0416 e. The van der Waals surface area contributed by atoms with E-state index >= 15 is 0 Å². The molecular weight excluding hydrogens is 220 g/mol. The molecular formula is C16H28N2. The van der Waals surface area contributed by atoms with Crippen LogP contribution in [-0.4, -0.2) is 12.6 Å². The third-order valence-corrected chi connectivity index (χ3v) is 3.36. The number of nitrogens with two attached hydrogens (primary N) is 1. The molecule has 0 spiro atoms. The van der Waals surface area contributed by atoms with Crippen molar-refractivity contribution in [3.05, 3.63) is 29.8 Å². The van der Waals surface area contributed by atoms with Crippen LogP contribution in [0.15, 0.2) is 24.3 Å². The molecule has 0 saturated heterocycles. The van der Waals surface area contributed by atoms with Crippen molar-refractivity contribution in [1.29, 1.82) is 0 Å². The highest BCUT2D eigenvalue weighted by atomic mass is 15.2. The minimum Gasteiger partial charge on any atom is -0.369 e. The molecule has 0 fully saturated rings. The van der Waals surface area contributed by atoms with Gasteiger partial charge in [0.1, 0.15) is 0 Å². The summed E-state index contributed by atoms with van der Waals surface area (Å²) in [7, 11) is 0. The Morgan fingerprint density at radius 2 is 1.78 bits per heavy atom. The molecule has 0 heterocycles. The molecule has 0 aromatic heterocycles. The van der Waals surface area contributed by atoms with Gasteiger partial charge in [-0.25, -0.2) is 0 Å². The molecule has 1 aromatic carbocycles. The molecule has 0 aliphatic rings. The Hall–Kier alpha value is -1.02. The second-order valence-electron chi connectivity index (χ2n) is 5.34. The minimum absolute atomic E-state index is 0.0913. The SMILES string of the molecule is CCCCCN(c1ccccc1C(C)N)C(C)C. The summed E-state index contributed by atoms with van der Waals surface area (Å²) in [5.41, 5.74) is 8.64. The summed E-state index contributed by atoms with van der Waals surface area (Å²) in [6.07, 6.45) is 3.81. The predicted octanol–water partition coefficient (Wildman–Crippen LogP) is 4.11. The lowest BCUT2D eigenvalue weighted by atomic mass is 10.0. The predicted molar refractivity (Wildman–Crippen MR) is 81.1 cm³/mol. The fraction of sp³-hybridized carbons (Fsp3) is 0.625. The average Bonchev–Trinajstić information content (AvgIpc) is 2.34. The van der Waals surface area contributed by atoms with E-state index in [1.54, 1.807) is 0 Å². The number of unbranched alkanes of at least 4 members (excludes halogenated alkanes) is 2. The summed E-state index contributed by atoms with van der Waals surface area (Å²) in [5, 5.41) is 0. The van der Waals surface area contributed by atoms with Crippen molar-refractivity contribution in [3.8, 4) is 0 Å². The van der Waals surface area contributed by atoms with Crippen LogP contribution in [0.1, 0.15) is 58.6 Å². The Bertz CT molecular complexity index is 345. The number of rotatable bonds is 7. The van der Waals surface area contributed by atoms with E-state index in [0.29, 0.717) is 6.04 Å². The molecule has 0 amide bonds. The normalized spacial score (nSPS) is 12.8. The van der Waals surface area contributed by atoms with Crippen LogP contribution in [0.4, 0.5) is 5.69 Å². The first-order valence-electron chi connectivity index (χ1n) is 7.19. The summed E-state index contributed by atoms with van der Waals surface area (Å²) < 4.78 is 0. The van der Waals surface area contributed by atoms with Gasteiger partial charge in [-0.2, -0.15) is 0 Å². The Morgan fingerprint density at radius 3 is 2.33 bits per heavy atom. The van der Waals surface area contributed by atoms with Gasteiger partial charge in [0.15, 0.2) is 0 Å². The lowest BCUT2D eigenvalue weighted by molar-refractivity contribution is 0.621. The van der Waals surface area contributed by atoms with Gasteiger partial charge < -0.3 is 10.6 Å². The molecule has 1 aromatic rings. The van der Waals surface area contributed by atoms with Crippen LogP contribution >= 0.6 is 0 Å². The summed E-state index contributed by atoms with van der Waals surface area (Å²) >= 11 is 0. The maximum Gasteiger partial charge on any atom is 0.0416 e. The zero-order valence-electron chi connectivity index (χ0n) is 12.3. The standard InChI is InChI=1S/C16H28N2/c1-5-6-9-12-18(13(2)3)16-11-8-7-10-15(16)14(4)17/h7-8,10-11,13-14H,5-6,9,12,17H2,1-4H3. The minimum atomic E-state index is 0.0913. The third-order valence-electron chi connectivity index (χ3n) is 3.36. The van der Waals surface area contributed by atoms with Crippen molar-refractivity contribution in [2.75, 3.05) is 11.4 Å². The van der Waals surface area contributed by atoms with Gasteiger partial charge in [0.05, 0.1) is 0 Å². The average molecular weight is 248 g/mol. The number of hydrogen-bond acceptors (Lipinski definition) is 2. The zero-order chi connectivity index (χ0) is 13.5. The van der Waals surface area contributed by atoms with Crippen molar-refractivity contribution < 1.29 is 0 Å². The Kier molecular flexibility index (Phi) is 6.20. The summed E-state index contributed by atoms with van der Waals surface area (Å²) in [6.45, 7) is 9.93. The van der Waals surface area contributed by atoms with Gasteiger partial charge in [-0.1, -0.05) is 38.0 Å². The lowest BCUT2D eigenvalue weighted by Gasteiger charge is -2.32. The van der Waals surface area contributed by atoms with Crippen molar-refractivity contribution in [1.82, 2.24) is 0 Å². The maximum absolute atomic E-state index is 6.08. The van der Waals surface area contributed by atoms with Crippen LogP contribution in [0.3, 0.4) is 0 Å². The molecule has 0 radical (unpaired) electrons. The summed E-state index contributed by atoms with van der Waals surface area (Å²) in [6, 6.07) is 9.14. The first kappa shape index (κ1) is 15.0. The molecule has 1 atom stereocenters. The van der Waals surface area contributed by atoms with Crippen LogP contribution in [0, 0.1) is 0 Å². The largest absolute Gasteiger partial charge is 0.369 e. The van der Waals surface area contributed by atoms with Crippen molar-refractivity contribution in [2.45, 2.75) is 59.0 Å². The van der Waals surface area contributed by atoms with Gasteiger partial charge in [-0.05, 0) is 38.8 Å². The van der Waals surface area contributed by atoms with Crippen LogP contribution in [0.5, 0.6) is 0 Å². The van der Waals surface area contributed by atoms with Gasteiger partial charge in [-0.15, -0.1) is 0 Å². The van der Waals surface area contributed by atoms with Gasteiger partial charge >= 0.3 is 0 Å². The highest BCUT2D eigenvalue weighted by molar-refractivity contribution is 5.55. The van der Waals surface area contributed by atoms with E-state index in [2.05, 4.69) is 56.9 Å². The van der Waals surface area contributed by atoms with Crippen LogP contribution in [-0.2, 0) is 0 Å². The number of hydrogen-bond donors (Lipinski definition) is 1. The fourth-order valence-corrected chi connectivity index (χ4v) is 2.32. The van der Waals surface area contributed by atoms with Gasteiger partial charge in [0.25, 0.3) is 0 Å². The Morgan fingerprint density at radius 1 is 1.11 bits per heavy atom. The molecule has 102 valence electrons. The van der Waals surface area contributed by atoms with E-state index in [-0.39, 0.29) is 6.04 Å². The molecule has 0 aliphatic heterocycles. The van der Waals surface area contributed by atoms with E-state index in [0.717, 1.165) is 6.54 Å². The highest BCUT2D eigenvalue weighted by Crippen LogP contribution is 2.27.